The van der Waals surface area contributed by atoms with E-state index >= 15 is 0 Å². The SMILES string of the molecule is CCOC(=O)N1CCC(c2cc(Br)ccc2N)=CC1c1ccc(CN2CCCN(C)CC2)cc1. The molecule has 0 bridgehead atoms. The molecule has 1 atom stereocenters. The van der Waals surface area contributed by atoms with Gasteiger partial charge < -0.3 is 15.4 Å². The molecule has 2 heterocycles. The quantitative estimate of drug-likeness (QED) is 0.545. The monoisotopic (exact) mass is 526 g/mol. The highest BCUT2D eigenvalue weighted by Gasteiger charge is 2.29. The fraction of sp³-hybridized carbons (Fsp3) is 0.444. The van der Waals surface area contributed by atoms with Gasteiger partial charge in [-0.05, 0) is 74.8 Å². The van der Waals surface area contributed by atoms with Crippen LogP contribution < -0.4 is 5.73 Å². The average Bonchev–Trinajstić information content (AvgIpc) is 3.04. The van der Waals surface area contributed by atoms with Gasteiger partial charge in [-0.15, -0.1) is 0 Å². The van der Waals surface area contributed by atoms with Gasteiger partial charge in [-0.1, -0.05) is 46.3 Å². The molecule has 6 nitrogen and oxygen atoms in total. The molecule has 182 valence electrons. The van der Waals surface area contributed by atoms with E-state index in [4.69, 9.17) is 10.5 Å². The maximum Gasteiger partial charge on any atom is 0.410 e. The van der Waals surface area contributed by atoms with Crippen LogP contribution in [0.3, 0.4) is 0 Å². The summed E-state index contributed by atoms with van der Waals surface area (Å²) in [7, 11) is 2.20. The first-order chi connectivity index (χ1) is 16.4. The van der Waals surface area contributed by atoms with Crippen molar-refractivity contribution in [2.24, 2.45) is 0 Å². The lowest BCUT2D eigenvalue weighted by molar-refractivity contribution is 0.0968. The Morgan fingerprint density at radius 3 is 2.65 bits per heavy atom. The summed E-state index contributed by atoms with van der Waals surface area (Å²) in [6.45, 7) is 8.25. The molecule has 2 aliphatic rings. The Morgan fingerprint density at radius 1 is 1.09 bits per heavy atom. The van der Waals surface area contributed by atoms with Gasteiger partial charge in [0.05, 0.1) is 12.6 Å². The Balaban J connectivity index is 1.58. The van der Waals surface area contributed by atoms with Crippen LogP contribution in [0.1, 0.15) is 42.5 Å². The van der Waals surface area contributed by atoms with Crippen LogP contribution in [0.2, 0.25) is 0 Å². The summed E-state index contributed by atoms with van der Waals surface area (Å²) in [5.74, 6) is 0. The number of carbonyl (C=O) groups is 1. The number of anilines is 1. The molecule has 2 aliphatic heterocycles. The molecule has 0 radical (unpaired) electrons. The Kier molecular flexibility index (Phi) is 8.29. The first-order valence-corrected chi connectivity index (χ1v) is 12.9. The maximum absolute atomic E-state index is 12.8. The van der Waals surface area contributed by atoms with E-state index in [0.717, 1.165) is 66.0 Å². The molecule has 7 heteroatoms. The lowest BCUT2D eigenvalue weighted by Crippen LogP contribution is -2.38. The third-order valence-electron chi connectivity index (χ3n) is 6.72. The number of amides is 1. The van der Waals surface area contributed by atoms with E-state index in [-0.39, 0.29) is 12.1 Å². The number of rotatable bonds is 5. The Morgan fingerprint density at radius 2 is 1.88 bits per heavy atom. The molecule has 0 spiro atoms. The summed E-state index contributed by atoms with van der Waals surface area (Å²) in [5, 5.41) is 0. The van der Waals surface area contributed by atoms with Crippen LogP contribution in [0.25, 0.3) is 5.57 Å². The summed E-state index contributed by atoms with van der Waals surface area (Å²) in [5.41, 5.74) is 11.6. The summed E-state index contributed by atoms with van der Waals surface area (Å²) in [6.07, 6.45) is 3.83. The van der Waals surface area contributed by atoms with Crippen LogP contribution in [-0.2, 0) is 11.3 Å². The molecule has 0 aliphatic carbocycles. The highest BCUT2D eigenvalue weighted by atomic mass is 79.9. The van der Waals surface area contributed by atoms with E-state index in [9.17, 15) is 4.79 Å². The standard InChI is InChI=1S/C27H35BrN4O2/c1-3-34-27(33)32-14-11-22(24-18-23(28)9-10-25(24)29)17-26(32)21-7-5-20(6-8-21)19-31-13-4-12-30(2)15-16-31/h5-10,17-18,26H,3-4,11-16,19,29H2,1-2H3. The van der Waals surface area contributed by atoms with Gasteiger partial charge in [0.15, 0.2) is 0 Å². The minimum absolute atomic E-state index is 0.193. The van der Waals surface area contributed by atoms with E-state index in [2.05, 4.69) is 69.2 Å². The lowest BCUT2D eigenvalue weighted by atomic mass is 9.91. The van der Waals surface area contributed by atoms with Crippen molar-refractivity contribution >= 4 is 33.3 Å². The van der Waals surface area contributed by atoms with Gasteiger partial charge in [0, 0.05) is 41.9 Å². The highest BCUT2D eigenvalue weighted by molar-refractivity contribution is 9.10. The van der Waals surface area contributed by atoms with Gasteiger partial charge in [0.25, 0.3) is 0 Å². The molecule has 4 rings (SSSR count). The maximum atomic E-state index is 12.8. The molecular weight excluding hydrogens is 492 g/mol. The molecule has 1 saturated heterocycles. The van der Waals surface area contributed by atoms with Crippen molar-refractivity contribution in [2.75, 3.05) is 52.1 Å². The van der Waals surface area contributed by atoms with Crippen molar-refractivity contribution in [1.82, 2.24) is 14.7 Å². The normalized spacial score (nSPS) is 20.0. The average molecular weight is 528 g/mol. The third-order valence-corrected chi connectivity index (χ3v) is 7.21. The number of nitrogens with zero attached hydrogens (tertiary/aromatic N) is 3. The summed E-state index contributed by atoms with van der Waals surface area (Å²) < 4.78 is 6.37. The molecule has 2 aromatic carbocycles. The number of nitrogen functional groups attached to an aromatic ring is 1. The molecule has 1 amide bonds. The van der Waals surface area contributed by atoms with Crippen molar-refractivity contribution in [2.45, 2.75) is 32.4 Å². The molecule has 1 unspecified atom stereocenters. The van der Waals surface area contributed by atoms with Gasteiger partial charge in [0.2, 0.25) is 0 Å². The topological polar surface area (TPSA) is 62.0 Å². The third kappa shape index (κ3) is 6.01. The van der Waals surface area contributed by atoms with E-state index in [1.165, 1.54) is 12.0 Å². The smallest absolute Gasteiger partial charge is 0.410 e. The van der Waals surface area contributed by atoms with E-state index in [0.29, 0.717) is 13.2 Å². The van der Waals surface area contributed by atoms with Crippen molar-refractivity contribution in [3.63, 3.8) is 0 Å². The predicted molar refractivity (Wildman–Crippen MR) is 141 cm³/mol. The van der Waals surface area contributed by atoms with Crippen molar-refractivity contribution < 1.29 is 9.53 Å². The number of carbonyl (C=O) groups excluding carboxylic acids is 1. The summed E-state index contributed by atoms with van der Waals surface area (Å²) in [6, 6.07) is 14.4. The molecule has 1 fully saturated rings. The molecule has 0 aromatic heterocycles. The van der Waals surface area contributed by atoms with Gasteiger partial charge >= 0.3 is 6.09 Å². The van der Waals surface area contributed by atoms with Gasteiger partial charge in [0.1, 0.15) is 0 Å². The molecule has 2 N–H and O–H groups in total. The van der Waals surface area contributed by atoms with Gasteiger partial charge in [-0.25, -0.2) is 4.79 Å². The van der Waals surface area contributed by atoms with Crippen molar-refractivity contribution in [3.8, 4) is 0 Å². The van der Waals surface area contributed by atoms with Crippen LogP contribution in [0, 0.1) is 0 Å². The highest BCUT2D eigenvalue weighted by Crippen LogP contribution is 2.37. The Hall–Kier alpha value is -2.35. The largest absolute Gasteiger partial charge is 0.450 e. The minimum atomic E-state index is -0.275. The fourth-order valence-corrected chi connectivity index (χ4v) is 5.16. The number of halogens is 1. The van der Waals surface area contributed by atoms with E-state index in [1.807, 2.05) is 24.0 Å². The number of hydrogen-bond acceptors (Lipinski definition) is 5. The first-order valence-electron chi connectivity index (χ1n) is 12.1. The van der Waals surface area contributed by atoms with Crippen LogP contribution in [-0.4, -0.2) is 67.2 Å². The fourth-order valence-electron chi connectivity index (χ4n) is 4.80. The van der Waals surface area contributed by atoms with E-state index in [1.54, 1.807) is 0 Å². The molecule has 0 saturated carbocycles. The van der Waals surface area contributed by atoms with E-state index < -0.39 is 0 Å². The number of nitrogens with two attached hydrogens (primary N) is 1. The summed E-state index contributed by atoms with van der Waals surface area (Å²) >= 11 is 3.56. The second-order valence-corrected chi connectivity index (χ2v) is 10.1. The molecular formula is C27H35BrN4O2. The zero-order valence-electron chi connectivity index (χ0n) is 20.2. The van der Waals surface area contributed by atoms with Crippen molar-refractivity contribution in [3.05, 3.63) is 69.7 Å². The van der Waals surface area contributed by atoms with Crippen LogP contribution >= 0.6 is 15.9 Å². The number of benzene rings is 2. The number of hydrogen-bond donors (Lipinski definition) is 1. The minimum Gasteiger partial charge on any atom is -0.450 e. The van der Waals surface area contributed by atoms with Gasteiger partial charge in [-0.2, -0.15) is 0 Å². The predicted octanol–water partition coefficient (Wildman–Crippen LogP) is 5.16. The van der Waals surface area contributed by atoms with Crippen LogP contribution in [0.15, 0.2) is 53.0 Å². The number of ether oxygens (including phenoxy) is 1. The van der Waals surface area contributed by atoms with Crippen LogP contribution in [0.5, 0.6) is 0 Å². The Bertz CT molecular complexity index is 1020. The van der Waals surface area contributed by atoms with Gasteiger partial charge in [-0.3, -0.25) is 9.80 Å². The summed E-state index contributed by atoms with van der Waals surface area (Å²) in [4.78, 5) is 19.5. The Labute approximate surface area is 211 Å². The number of likely N-dealkylation sites (N-methyl/N-ethyl adjacent to an activating group) is 1. The molecule has 34 heavy (non-hydrogen) atoms. The zero-order chi connectivity index (χ0) is 24.1. The first kappa shape index (κ1) is 24.8. The second-order valence-electron chi connectivity index (χ2n) is 9.19. The lowest BCUT2D eigenvalue weighted by Gasteiger charge is -2.34. The molecule has 2 aromatic rings. The second kappa shape index (κ2) is 11.4. The van der Waals surface area contributed by atoms with Crippen LogP contribution in [0.4, 0.5) is 10.5 Å². The van der Waals surface area contributed by atoms with Crippen molar-refractivity contribution in [1.29, 1.82) is 0 Å². The zero-order valence-corrected chi connectivity index (χ0v) is 21.8.